The molecule has 0 unspecified atom stereocenters. The Bertz CT molecular complexity index is 168. The maximum atomic E-state index is 10.4. The average molecular weight is 198 g/mol. The zero-order chi connectivity index (χ0) is 8.85. The Morgan fingerprint density at radius 3 is 2.55 bits per heavy atom. The van der Waals surface area contributed by atoms with Gasteiger partial charge in [0, 0.05) is 5.92 Å². The predicted octanol–water partition coefficient (Wildman–Crippen LogP) is 1.98. The van der Waals surface area contributed by atoms with E-state index in [4.69, 9.17) is 23.2 Å². The maximum Gasteiger partial charge on any atom is 0.349 e. The van der Waals surface area contributed by atoms with Crippen molar-refractivity contribution in [1.29, 1.82) is 0 Å². The maximum absolute atomic E-state index is 10.4. The molecule has 0 aliphatic rings. The number of hydrogen-bond donors (Lipinski definition) is 0. The number of oxime groups is 1. The number of carbonyl (C=O) groups is 1. The third-order valence-corrected chi connectivity index (χ3v) is 1.54. The molecule has 5 heteroatoms. The first-order valence-corrected chi connectivity index (χ1v) is 3.98. The Morgan fingerprint density at radius 2 is 2.18 bits per heavy atom. The topological polar surface area (TPSA) is 38.7 Å². The highest BCUT2D eigenvalue weighted by molar-refractivity contribution is 6.65. The molecule has 0 saturated carbocycles. The molecule has 11 heavy (non-hydrogen) atoms. The van der Waals surface area contributed by atoms with Crippen LogP contribution < -0.4 is 0 Å². The highest BCUT2D eigenvalue weighted by Gasteiger charge is 2.03. The van der Waals surface area contributed by atoms with Gasteiger partial charge in [0.1, 0.15) is 11.1 Å². The van der Waals surface area contributed by atoms with Gasteiger partial charge < -0.3 is 4.84 Å². The summed E-state index contributed by atoms with van der Waals surface area (Å²) < 4.78 is 0. The fraction of sp³-hybridized carbons (Fsp3) is 0.667. The van der Waals surface area contributed by atoms with E-state index in [1.807, 2.05) is 13.8 Å². The number of alkyl halides is 1. The van der Waals surface area contributed by atoms with Gasteiger partial charge >= 0.3 is 5.97 Å². The molecule has 0 aliphatic heterocycles. The Hall–Kier alpha value is -0.280. The quantitative estimate of drug-likeness (QED) is 0.301. The zero-order valence-electron chi connectivity index (χ0n) is 6.30. The lowest BCUT2D eigenvalue weighted by Crippen LogP contribution is -2.05. The predicted molar refractivity (Wildman–Crippen MR) is 44.9 cm³/mol. The van der Waals surface area contributed by atoms with E-state index < -0.39 is 5.97 Å². The van der Waals surface area contributed by atoms with Crippen LogP contribution >= 0.6 is 23.2 Å². The van der Waals surface area contributed by atoms with Crippen LogP contribution in [0, 0.1) is 5.92 Å². The number of nitrogens with zero attached hydrogens (tertiary/aromatic N) is 1. The van der Waals surface area contributed by atoms with Crippen molar-refractivity contribution in [2.75, 3.05) is 5.88 Å². The van der Waals surface area contributed by atoms with Crippen LogP contribution in [-0.2, 0) is 9.63 Å². The largest absolute Gasteiger partial charge is 0.349 e. The van der Waals surface area contributed by atoms with Gasteiger partial charge in [-0.3, -0.25) is 0 Å². The number of hydrogen-bond acceptors (Lipinski definition) is 3. The molecule has 0 saturated heterocycles. The van der Waals surface area contributed by atoms with Gasteiger partial charge in [-0.25, -0.2) is 4.79 Å². The smallest absolute Gasteiger partial charge is 0.316 e. The normalized spacial score (nSPS) is 11.9. The van der Waals surface area contributed by atoms with Gasteiger partial charge in [-0.1, -0.05) is 30.6 Å². The van der Waals surface area contributed by atoms with Gasteiger partial charge in [-0.2, -0.15) is 0 Å². The minimum atomic E-state index is -0.606. The second kappa shape index (κ2) is 5.38. The molecule has 0 aromatic heterocycles. The van der Waals surface area contributed by atoms with Crippen LogP contribution in [0.1, 0.15) is 13.8 Å². The molecular formula is C6H9Cl2NO2. The molecule has 0 N–H and O–H groups in total. The SMILES string of the molecule is CC(C)/C(Cl)=N\OC(=O)CCl. The second-order valence-electron chi connectivity index (χ2n) is 2.17. The van der Waals surface area contributed by atoms with Crippen molar-refractivity contribution in [1.82, 2.24) is 0 Å². The van der Waals surface area contributed by atoms with Crippen molar-refractivity contribution in [2.24, 2.45) is 11.1 Å². The van der Waals surface area contributed by atoms with Gasteiger partial charge in [0.15, 0.2) is 0 Å². The molecule has 0 heterocycles. The van der Waals surface area contributed by atoms with Crippen molar-refractivity contribution in [3.63, 3.8) is 0 Å². The second-order valence-corrected chi connectivity index (χ2v) is 2.82. The van der Waals surface area contributed by atoms with E-state index in [-0.39, 0.29) is 17.0 Å². The molecule has 0 amide bonds. The van der Waals surface area contributed by atoms with Crippen LogP contribution in [-0.4, -0.2) is 17.0 Å². The van der Waals surface area contributed by atoms with Crippen LogP contribution in [0.25, 0.3) is 0 Å². The van der Waals surface area contributed by atoms with Crippen LogP contribution in [0.3, 0.4) is 0 Å². The summed E-state index contributed by atoms with van der Waals surface area (Å²) in [4.78, 5) is 14.7. The highest BCUT2D eigenvalue weighted by atomic mass is 35.5. The average Bonchev–Trinajstić information content (AvgIpc) is 1.99. The van der Waals surface area contributed by atoms with Crippen molar-refractivity contribution in [3.05, 3.63) is 0 Å². The lowest BCUT2D eigenvalue weighted by atomic mass is 10.2. The summed E-state index contributed by atoms with van der Waals surface area (Å²) in [5, 5.41) is 3.60. The zero-order valence-corrected chi connectivity index (χ0v) is 7.82. The summed E-state index contributed by atoms with van der Waals surface area (Å²) in [5.41, 5.74) is 0. The number of halogens is 2. The van der Waals surface area contributed by atoms with E-state index in [0.29, 0.717) is 0 Å². The van der Waals surface area contributed by atoms with Crippen LogP contribution in [0.2, 0.25) is 0 Å². The lowest BCUT2D eigenvalue weighted by molar-refractivity contribution is -0.140. The molecule has 0 fully saturated rings. The van der Waals surface area contributed by atoms with Crippen molar-refractivity contribution < 1.29 is 9.63 Å². The number of rotatable bonds is 3. The molecule has 0 atom stereocenters. The Kier molecular flexibility index (Phi) is 5.24. The van der Waals surface area contributed by atoms with E-state index in [0.717, 1.165) is 0 Å². The molecule has 0 aromatic rings. The molecule has 0 aromatic carbocycles. The van der Waals surface area contributed by atoms with Gasteiger partial charge in [-0.15, -0.1) is 11.6 Å². The van der Waals surface area contributed by atoms with E-state index >= 15 is 0 Å². The van der Waals surface area contributed by atoms with Gasteiger partial charge in [-0.05, 0) is 0 Å². The molecule has 0 bridgehead atoms. The Balaban J connectivity index is 3.82. The fourth-order valence-corrected chi connectivity index (χ4v) is 0.308. The first-order valence-electron chi connectivity index (χ1n) is 3.07. The molecule has 64 valence electrons. The van der Waals surface area contributed by atoms with Gasteiger partial charge in [0.2, 0.25) is 0 Å². The van der Waals surface area contributed by atoms with Crippen molar-refractivity contribution in [2.45, 2.75) is 13.8 Å². The first-order chi connectivity index (χ1) is 5.07. The van der Waals surface area contributed by atoms with Gasteiger partial charge in [0.25, 0.3) is 0 Å². The van der Waals surface area contributed by atoms with E-state index in [1.54, 1.807) is 0 Å². The van der Waals surface area contributed by atoms with E-state index in [2.05, 4.69) is 9.99 Å². The fourth-order valence-electron chi connectivity index (χ4n) is 0.224. The summed E-state index contributed by atoms with van der Waals surface area (Å²) in [6, 6.07) is 0. The molecule has 0 rings (SSSR count). The third-order valence-electron chi connectivity index (χ3n) is 0.820. The summed E-state index contributed by atoms with van der Waals surface area (Å²) in [7, 11) is 0. The minimum Gasteiger partial charge on any atom is -0.316 e. The minimum absolute atomic E-state index is 0.0554. The van der Waals surface area contributed by atoms with Crippen LogP contribution in [0.4, 0.5) is 0 Å². The summed E-state index contributed by atoms with van der Waals surface area (Å²) in [5.74, 6) is -0.767. The standard InChI is InChI=1S/C6H9Cl2NO2/c1-4(2)6(8)9-11-5(10)3-7/h4H,3H2,1-2H3/b9-6+. The van der Waals surface area contributed by atoms with E-state index in [1.165, 1.54) is 0 Å². The van der Waals surface area contributed by atoms with Crippen LogP contribution in [0.15, 0.2) is 5.16 Å². The molecule has 0 spiro atoms. The summed E-state index contributed by atoms with van der Waals surface area (Å²) in [6.45, 7) is 3.67. The highest BCUT2D eigenvalue weighted by Crippen LogP contribution is 2.01. The first kappa shape index (κ1) is 10.7. The molecule has 3 nitrogen and oxygen atoms in total. The monoisotopic (exact) mass is 197 g/mol. The van der Waals surface area contributed by atoms with Crippen LogP contribution in [0.5, 0.6) is 0 Å². The van der Waals surface area contributed by atoms with Gasteiger partial charge in [0.05, 0.1) is 0 Å². The van der Waals surface area contributed by atoms with Crippen molar-refractivity contribution in [3.8, 4) is 0 Å². The summed E-state index contributed by atoms with van der Waals surface area (Å²) in [6.07, 6.45) is 0. The van der Waals surface area contributed by atoms with Crippen molar-refractivity contribution >= 4 is 34.3 Å². The lowest BCUT2D eigenvalue weighted by Gasteiger charge is -1.98. The molecular weight excluding hydrogens is 189 g/mol. The summed E-state index contributed by atoms with van der Waals surface area (Å²) >= 11 is 10.7. The number of carbonyl (C=O) groups excluding carboxylic acids is 1. The third kappa shape index (κ3) is 5.04. The molecule has 0 radical (unpaired) electrons. The Labute approximate surface area is 75.3 Å². The Morgan fingerprint density at radius 1 is 1.64 bits per heavy atom. The van der Waals surface area contributed by atoms with E-state index in [9.17, 15) is 4.79 Å². The molecule has 0 aliphatic carbocycles.